The van der Waals surface area contributed by atoms with E-state index in [0.29, 0.717) is 18.8 Å². The molecule has 0 bridgehead atoms. The van der Waals surface area contributed by atoms with Crippen LogP contribution in [0.1, 0.15) is 11.6 Å². The number of nitrogens with two attached hydrogens (primary N) is 1. The van der Waals surface area contributed by atoms with Crippen LogP contribution in [0.15, 0.2) is 18.5 Å². The minimum absolute atomic E-state index is 0.429. The second-order valence-corrected chi connectivity index (χ2v) is 3.84. The molecule has 1 atom stereocenters. The van der Waals surface area contributed by atoms with Gasteiger partial charge in [-0.1, -0.05) is 0 Å². The molecule has 1 aliphatic rings. The fraction of sp³-hybridized carbons (Fsp3) is 0.500. The number of methoxy groups -OCH3 is 1. The molecule has 4 N–H and O–H groups in total. The van der Waals surface area contributed by atoms with Gasteiger partial charge >= 0.3 is 0 Å². The molecule has 1 unspecified atom stereocenters. The Labute approximate surface area is 88.3 Å². The molecule has 0 spiro atoms. The van der Waals surface area contributed by atoms with Gasteiger partial charge in [-0.2, -0.15) is 0 Å². The Morgan fingerprint density at radius 2 is 2.33 bits per heavy atom. The van der Waals surface area contributed by atoms with Crippen LogP contribution in [0.3, 0.4) is 0 Å². The van der Waals surface area contributed by atoms with Crippen molar-refractivity contribution in [1.29, 1.82) is 0 Å². The maximum absolute atomic E-state index is 10.0. The predicted molar refractivity (Wildman–Crippen MR) is 55.5 cm³/mol. The molecule has 1 fully saturated rings. The van der Waals surface area contributed by atoms with Crippen LogP contribution in [-0.2, 0) is 0 Å². The Hall–Kier alpha value is -1.17. The molecule has 0 saturated carbocycles. The van der Waals surface area contributed by atoms with Gasteiger partial charge in [0.05, 0.1) is 19.3 Å². The molecule has 5 nitrogen and oxygen atoms in total. The van der Waals surface area contributed by atoms with Crippen molar-refractivity contribution in [1.82, 2.24) is 10.3 Å². The van der Waals surface area contributed by atoms with Crippen molar-refractivity contribution < 1.29 is 9.84 Å². The molecule has 0 amide bonds. The summed E-state index contributed by atoms with van der Waals surface area (Å²) in [5.74, 6) is 0.652. The predicted octanol–water partition coefficient (Wildman–Crippen LogP) is -0.576. The normalized spacial score (nSPS) is 20.5. The standard InChI is InChI=1S/C10H15N3O2/c1-15-8-2-7(3-12-4-8)9(11)10(14)5-13-6-10/h2-4,9,13-14H,5-6,11H2,1H3. The van der Waals surface area contributed by atoms with E-state index in [-0.39, 0.29) is 0 Å². The summed E-state index contributed by atoms with van der Waals surface area (Å²) in [4.78, 5) is 4.01. The zero-order valence-electron chi connectivity index (χ0n) is 8.60. The summed E-state index contributed by atoms with van der Waals surface area (Å²) in [5.41, 5.74) is 5.91. The van der Waals surface area contributed by atoms with Crippen LogP contribution in [0.25, 0.3) is 0 Å². The SMILES string of the molecule is COc1cncc(C(N)C2(O)CNC2)c1. The van der Waals surface area contributed by atoms with Crippen molar-refractivity contribution in [2.45, 2.75) is 11.6 Å². The van der Waals surface area contributed by atoms with Crippen molar-refractivity contribution in [2.24, 2.45) is 5.73 Å². The molecule has 2 rings (SSSR count). The highest BCUT2D eigenvalue weighted by atomic mass is 16.5. The van der Waals surface area contributed by atoms with Gasteiger partial charge in [-0.3, -0.25) is 4.98 Å². The number of β-amino-alcohol motifs (C(OH)–C–C–N with tert-alkyl or cyclic N) is 1. The second-order valence-electron chi connectivity index (χ2n) is 3.84. The zero-order valence-corrected chi connectivity index (χ0v) is 8.60. The summed E-state index contributed by atoms with van der Waals surface area (Å²) in [6.45, 7) is 1.04. The van der Waals surface area contributed by atoms with Crippen LogP contribution >= 0.6 is 0 Å². The monoisotopic (exact) mass is 209 g/mol. The van der Waals surface area contributed by atoms with Gasteiger partial charge in [0, 0.05) is 19.3 Å². The molecule has 2 heterocycles. The van der Waals surface area contributed by atoms with Crippen LogP contribution in [-0.4, -0.2) is 35.9 Å². The summed E-state index contributed by atoms with van der Waals surface area (Å²) in [6.07, 6.45) is 3.27. The molecular weight excluding hydrogens is 194 g/mol. The van der Waals surface area contributed by atoms with E-state index >= 15 is 0 Å². The molecule has 1 aromatic rings. The quantitative estimate of drug-likeness (QED) is 0.621. The summed E-state index contributed by atoms with van der Waals surface area (Å²) >= 11 is 0. The third-order valence-corrected chi connectivity index (χ3v) is 2.77. The van der Waals surface area contributed by atoms with E-state index < -0.39 is 11.6 Å². The van der Waals surface area contributed by atoms with E-state index in [1.807, 2.05) is 0 Å². The number of aromatic nitrogens is 1. The Morgan fingerprint density at radius 1 is 1.60 bits per heavy atom. The Kier molecular flexibility index (Phi) is 2.60. The van der Waals surface area contributed by atoms with E-state index in [9.17, 15) is 5.11 Å². The number of hydrogen-bond donors (Lipinski definition) is 3. The number of nitrogens with zero attached hydrogens (tertiary/aromatic N) is 1. The number of nitrogens with one attached hydrogen (secondary N) is 1. The maximum atomic E-state index is 10.0. The first kappa shape index (κ1) is 10.4. The second kappa shape index (κ2) is 3.77. The van der Waals surface area contributed by atoms with Crippen LogP contribution in [0, 0.1) is 0 Å². The number of rotatable bonds is 3. The molecule has 0 aliphatic carbocycles. The summed E-state index contributed by atoms with van der Waals surface area (Å²) in [7, 11) is 1.58. The minimum atomic E-state index is -0.853. The highest BCUT2D eigenvalue weighted by Gasteiger charge is 2.41. The largest absolute Gasteiger partial charge is 0.495 e. The van der Waals surface area contributed by atoms with E-state index in [1.54, 1.807) is 25.6 Å². The van der Waals surface area contributed by atoms with E-state index in [2.05, 4.69) is 10.3 Å². The number of aliphatic hydroxyl groups is 1. The molecule has 0 aromatic carbocycles. The van der Waals surface area contributed by atoms with Crippen molar-refractivity contribution in [3.63, 3.8) is 0 Å². The third kappa shape index (κ3) is 1.81. The smallest absolute Gasteiger partial charge is 0.137 e. The fourth-order valence-electron chi connectivity index (χ4n) is 1.63. The van der Waals surface area contributed by atoms with Gasteiger partial charge in [0.1, 0.15) is 11.4 Å². The van der Waals surface area contributed by atoms with Crippen molar-refractivity contribution in [3.05, 3.63) is 24.0 Å². The minimum Gasteiger partial charge on any atom is -0.495 e. The fourth-order valence-corrected chi connectivity index (χ4v) is 1.63. The van der Waals surface area contributed by atoms with E-state index in [4.69, 9.17) is 10.5 Å². The third-order valence-electron chi connectivity index (χ3n) is 2.77. The molecule has 0 radical (unpaired) electrons. The average Bonchev–Trinajstić information content (AvgIpc) is 2.25. The van der Waals surface area contributed by atoms with Crippen LogP contribution < -0.4 is 15.8 Å². The highest BCUT2D eigenvalue weighted by molar-refractivity contribution is 5.28. The lowest BCUT2D eigenvalue weighted by atomic mass is 9.85. The number of ether oxygens (including phenoxy) is 1. The van der Waals surface area contributed by atoms with Gasteiger partial charge in [-0.25, -0.2) is 0 Å². The average molecular weight is 209 g/mol. The molecule has 1 aliphatic heterocycles. The molecule has 82 valence electrons. The van der Waals surface area contributed by atoms with Gasteiger partial charge in [-0.05, 0) is 11.6 Å². The topological polar surface area (TPSA) is 80.4 Å². The Balaban J connectivity index is 2.21. The first-order chi connectivity index (χ1) is 7.15. The van der Waals surface area contributed by atoms with Gasteiger partial charge < -0.3 is 20.9 Å². The first-order valence-corrected chi connectivity index (χ1v) is 4.83. The highest BCUT2D eigenvalue weighted by Crippen LogP contribution is 2.28. The summed E-state index contributed by atoms with van der Waals surface area (Å²) in [5, 5.41) is 13.0. The molecule has 1 aromatic heterocycles. The first-order valence-electron chi connectivity index (χ1n) is 4.83. The zero-order chi connectivity index (χ0) is 10.9. The van der Waals surface area contributed by atoms with Crippen molar-refractivity contribution in [3.8, 4) is 5.75 Å². The van der Waals surface area contributed by atoms with Crippen LogP contribution in [0.2, 0.25) is 0 Å². The lowest BCUT2D eigenvalue weighted by Gasteiger charge is -2.42. The van der Waals surface area contributed by atoms with Crippen LogP contribution in [0.5, 0.6) is 5.75 Å². The van der Waals surface area contributed by atoms with Crippen molar-refractivity contribution >= 4 is 0 Å². The maximum Gasteiger partial charge on any atom is 0.137 e. The lowest BCUT2D eigenvalue weighted by Crippen LogP contribution is -2.64. The van der Waals surface area contributed by atoms with Crippen LogP contribution in [0.4, 0.5) is 0 Å². The molecule has 1 saturated heterocycles. The summed E-state index contributed by atoms with van der Waals surface area (Å²) in [6, 6.07) is 1.37. The van der Waals surface area contributed by atoms with E-state index in [0.717, 1.165) is 5.56 Å². The number of hydrogen-bond acceptors (Lipinski definition) is 5. The van der Waals surface area contributed by atoms with Gasteiger partial charge in [0.25, 0.3) is 0 Å². The Bertz CT molecular complexity index is 352. The van der Waals surface area contributed by atoms with Gasteiger partial charge in [0.15, 0.2) is 0 Å². The molecule has 15 heavy (non-hydrogen) atoms. The van der Waals surface area contributed by atoms with Gasteiger partial charge in [-0.15, -0.1) is 0 Å². The van der Waals surface area contributed by atoms with Gasteiger partial charge in [0.2, 0.25) is 0 Å². The molecule has 5 heteroatoms. The number of pyridine rings is 1. The molecular formula is C10H15N3O2. The van der Waals surface area contributed by atoms with Crippen molar-refractivity contribution in [2.75, 3.05) is 20.2 Å². The Morgan fingerprint density at radius 3 is 2.87 bits per heavy atom. The van der Waals surface area contributed by atoms with E-state index in [1.165, 1.54) is 0 Å². The lowest BCUT2D eigenvalue weighted by molar-refractivity contribution is -0.0334. The summed E-state index contributed by atoms with van der Waals surface area (Å²) < 4.78 is 5.05.